The highest BCUT2D eigenvalue weighted by atomic mass is 35.5. The second kappa shape index (κ2) is 7.74. The molecule has 2 rings (SSSR count). The minimum Gasteiger partial charge on any atom is -0.481 e. The number of carboxylic acids is 1. The average Bonchev–Trinajstić information content (AvgIpc) is 2.75. The highest BCUT2D eigenvalue weighted by Crippen LogP contribution is 2.36. The van der Waals surface area contributed by atoms with Crippen LogP contribution >= 0.6 is 12.4 Å². The first kappa shape index (κ1) is 17.9. The molecule has 1 aliphatic rings. The average molecular weight is 328 g/mol. The van der Waals surface area contributed by atoms with E-state index in [2.05, 4.69) is 10.3 Å². The van der Waals surface area contributed by atoms with E-state index in [0.717, 1.165) is 5.56 Å². The molecule has 2 heterocycles. The molecule has 2 amide bonds. The van der Waals surface area contributed by atoms with E-state index in [-0.39, 0.29) is 49.6 Å². The Labute approximate surface area is 134 Å². The third-order valence-electron chi connectivity index (χ3n) is 3.59. The molecule has 1 aromatic heterocycles. The van der Waals surface area contributed by atoms with Gasteiger partial charge in [0.05, 0.1) is 18.4 Å². The zero-order valence-electron chi connectivity index (χ0n) is 12.1. The van der Waals surface area contributed by atoms with Crippen LogP contribution in [0.25, 0.3) is 0 Å². The van der Waals surface area contributed by atoms with E-state index >= 15 is 0 Å². The zero-order chi connectivity index (χ0) is 15.4. The SMILES string of the molecule is CN1C(=O)C[C@H](C(=O)NCCC(=O)O)[C@H]1c1cccnc1.Cl. The van der Waals surface area contributed by atoms with Crippen molar-refractivity contribution < 1.29 is 19.5 Å². The number of carbonyl (C=O) groups is 3. The van der Waals surface area contributed by atoms with Gasteiger partial charge in [0.15, 0.2) is 0 Å². The second-order valence-corrected chi connectivity index (χ2v) is 4.98. The Morgan fingerprint density at radius 2 is 2.23 bits per heavy atom. The number of pyridine rings is 1. The van der Waals surface area contributed by atoms with Crippen LogP contribution in [0.4, 0.5) is 0 Å². The lowest BCUT2D eigenvalue weighted by Crippen LogP contribution is -2.35. The van der Waals surface area contributed by atoms with Crippen LogP contribution in [0.5, 0.6) is 0 Å². The molecule has 2 N–H and O–H groups in total. The van der Waals surface area contributed by atoms with Gasteiger partial charge < -0.3 is 15.3 Å². The first-order valence-electron chi connectivity index (χ1n) is 6.66. The maximum Gasteiger partial charge on any atom is 0.305 e. The number of carbonyl (C=O) groups excluding carboxylic acids is 2. The largest absolute Gasteiger partial charge is 0.481 e. The van der Waals surface area contributed by atoms with Crippen LogP contribution < -0.4 is 5.32 Å². The molecule has 8 heteroatoms. The van der Waals surface area contributed by atoms with Gasteiger partial charge in [0.2, 0.25) is 11.8 Å². The predicted molar refractivity (Wildman–Crippen MR) is 80.4 cm³/mol. The summed E-state index contributed by atoms with van der Waals surface area (Å²) in [5.41, 5.74) is 0.796. The van der Waals surface area contributed by atoms with Crippen molar-refractivity contribution in [3.05, 3.63) is 30.1 Å². The molecule has 7 nitrogen and oxygen atoms in total. The third kappa shape index (κ3) is 3.94. The van der Waals surface area contributed by atoms with Gasteiger partial charge in [0, 0.05) is 32.4 Å². The van der Waals surface area contributed by atoms with E-state index in [9.17, 15) is 14.4 Å². The summed E-state index contributed by atoms with van der Waals surface area (Å²) in [7, 11) is 1.66. The van der Waals surface area contributed by atoms with Crippen LogP contribution in [-0.4, -0.2) is 46.4 Å². The molecule has 120 valence electrons. The molecule has 1 saturated heterocycles. The van der Waals surface area contributed by atoms with Crippen molar-refractivity contribution >= 4 is 30.2 Å². The van der Waals surface area contributed by atoms with Crippen molar-refractivity contribution in [2.24, 2.45) is 5.92 Å². The van der Waals surface area contributed by atoms with Crippen LogP contribution in [-0.2, 0) is 14.4 Å². The van der Waals surface area contributed by atoms with Gasteiger partial charge in [0.1, 0.15) is 0 Å². The maximum absolute atomic E-state index is 12.2. The van der Waals surface area contributed by atoms with Gasteiger partial charge >= 0.3 is 5.97 Å². The molecule has 0 bridgehead atoms. The number of rotatable bonds is 5. The second-order valence-electron chi connectivity index (χ2n) is 4.98. The fourth-order valence-electron chi connectivity index (χ4n) is 2.54. The topological polar surface area (TPSA) is 99.6 Å². The molecule has 2 atom stereocenters. The summed E-state index contributed by atoms with van der Waals surface area (Å²) in [5, 5.41) is 11.2. The van der Waals surface area contributed by atoms with Crippen molar-refractivity contribution in [3.63, 3.8) is 0 Å². The van der Waals surface area contributed by atoms with Crippen LogP contribution in [0.2, 0.25) is 0 Å². The molecular formula is C14H18ClN3O4. The highest BCUT2D eigenvalue weighted by Gasteiger charge is 2.42. The number of hydrogen-bond acceptors (Lipinski definition) is 4. The zero-order valence-corrected chi connectivity index (χ0v) is 12.9. The summed E-state index contributed by atoms with van der Waals surface area (Å²) >= 11 is 0. The summed E-state index contributed by atoms with van der Waals surface area (Å²) < 4.78 is 0. The lowest BCUT2D eigenvalue weighted by molar-refractivity contribution is -0.137. The van der Waals surface area contributed by atoms with E-state index in [1.165, 1.54) is 0 Å². The Kier molecular flexibility index (Phi) is 6.30. The smallest absolute Gasteiger partial charge is 0.305 e. The van der Waals surface area contributed by atoms with Crippen molar-refractivity contribution in [2.75, 3.05) is 13.6 Å². The molecule has 22 heavy (non-hydrogen) atoms. The predicted octanol–water partition coefficient (Wildman–Crippen LogP) is 0.614. The van der Waals surface area contributed by atoms with E-state index in [1.54, 1.807) is 30.4 Å². The van der Waals surface area contributed by atoms with Gasteiger partial charge in [-0.2, -0.15) is 0 Å². The van der Waals surface area contributed by atoms with Crippen molar-refractivity contribution in [1.82, 2.24) is 15.2 Å². The lowest BCUT2D eigenvalue weighted by Gasteiger charge is -2.24. The summed E-state index contributed by atoms with van der Waals surface area (Å²) in [4.78, 5) is 40.1. The molecule has 1 fully saturated rings. The fourth-order valence-corrected chi connectivity index (χ4v) is 2.54. The lowest BCUT2D eigenvalue weighted by atomic mass is 9.94. The van der Waals surface area contributed by atoms with E-state index in [1.807, 2.05) is 6.07 Å². The van der Waals surface area contributed by atoms with Crippen molar-refractivity contribution in [1.29, 1.82) is 0 Å². The quantitative estimate of drug-likeness (QED) is 0.825. The highest BCUT2D eigenvalue weighted by molar-refractivity contribution is 5.90. The number of likely N-dealkylation sites (tertiary alicyclic amines) is 1. The van der Waals surface area contributed by atoms with Crippen LogP contribution in [0, 0.1) is 5.92 Å². The van der Waals surface area contributed by atoms with E-state index in [0.29, 0.717) is 0 Å². The molecule has 0 saturated carbocycles. The minimum absolute atomic E-state index is 0. The van der Waals surface area contributed by atoms with Crippen LogP contribution in [0.15, 0.2) is 24.5 Å². The molecule has 1 aromatic rings. The van der Waals surface area contributed by atoms with Crippen LogP contribution in [0.3, 0.4) is 0 Å². The number of aliphatic carboxylic acids is 1. The molecular weight excluding hydrogens is 310 g/mol. The van der Waals surface area contributed by atoms with Gasteiger partial charge in [-0.1, -0.05) is 6.07 Å². The number of hydrogen-bond donors (Lipinski definition) is 2. The third-order valence-corrected chi connectivity index (χ3v) is 3.59. The van der Waals surface area contributed by atoms with Crippen molar-refractivity contribution in [3.8, 4) is 0 Å². The number of amides is 2. The first-order valence-corrected chi connectivity index (χ1v) is 6.66. The van der Waals surface area contributed by atoms with Crippen molar-refractivity contribution in [2.45, 2.75) is 18.9 Å². The Bertz CT molecular complexity index is 552. The van der Waals surface area contributed by atoms with Crippen LogP contribution in [0.1, 0.15) is 24.4 Å². The number of nitrogens with zero attached hydrogens (tertiary/aromatic N) is 2. The minimum atomic E-state index is -0.973. The summed E-state index contributed by atoms with van der Waals surface area (Å²) in [6.45, 7) is 0.0579. The van der Waals surface area contributed by atoms with Gasteiger partial charge in [-0.05, 0) is 11.6 Å². The molecule has 0 spiro atoms. The number of halogens is 1. The Hall–Kier alpha value is -2.15. The normalized spacial score (nSPS) is 20.4. The van der Waals surface area contributed by atoms with E-state index in [4.69, 9.17) is 5.11 Å². The molecule has 0 unspecified atom stereocenters. The molecule has 0 radical (unpaired) electrons. The molecule has 0 aliphatic carbocycles. The molecule has 1 aliphatic heterocycles. The van der Waals surface area contributed by atoms with Gasteiger partial charge in [0.25, 0.3) is 0 Å². The maximum atomic E-state index is 12.2. The first-order chi connectivity index (χ1) is 10.0. The Morgan fingerprint density at radius 3 is 2.82 bits per heavy atom. The van der Waals surface area contributed by atoms with Gasteiger partial charge in [-0.15, -0.1) is 12.4 Å². The summed E-state index contributed by atoms with van der Waals surface area (Å²) in [5.74, 6) is -1.91. The number of carboxylic acid groups (broad SMARTS) is 1. The monoisotopic (exact) mass is 327 g/mol. The summed E-state index contributed by atoms with van der Waals surface area (Å²) in [6, 6.07) is 3.21. The van der Waals surface area contributed by atoms with Gasteiger partial charge in [-0.3, -0.25) is 19.4 Å². The van der Waals surface area contributed by atoms with Gasteiger partial charge in [-0.25, -0.2) is 0 Å². The number of nitrogens with one attached hydrogen (secondary N) is 1. The number of aromatic nitrogens is 1. The molecule has 0 aromatic carbocycles. The standard InChI is InChI=1S/C14H17N3O4.ClH/c1-17-11(18)7-10(14(21)16-6-4-12(19)20)13(17)9-3-2-5-15-8-9;/h2-3,5,8,10,13H,4,6-7H2,1H3,(H,16,21)(H,19,20);1H/t10-,13+;/m0./s1. The fraction of sp³-hybridized carbons (Fsp3) is 0.429. The van der Waals surface area contributed by atoms with E-state index < -0.39 is 11.9 Å². The summed E-state index contributed by atoms with van der Waals surface area (Å²) in [6.07, 6.45) is 3.24. The Balaban J connectivity index is 0.00000242. The Morgan fingerprint density at radius 1 is 1.50 bits per heavy atom.